The molecule has 5 aliphatic heterocycles. The molecule has 0 saturated carbocycles. The lowest BCUT2D eigenvalue weighted by atomic mass is 9.27. The van der Waals surface area contributed by atoms with Crippen LogP contribution in [0.15, 0.2) is 186 Å². The van der Waals surface area contributed by atoms with E-state index in [1.165, 1.54) is 97.8 Å². The third kappa shape index (κ3) is 4.10. The molecule has 0 atom stereocenters. The van der Waals surface area contributed by atoms with Crippen LogP contribution in [-0.2, 0) is 10.8 Å². The van der Waals surface area contributed by atoms with Crippen molar-refractivity contribution in [1.82, 2.24) is 0 Å². The van der Waals surface area contributed by atoms with Crippen LogP contribution in [0.4, 0.5) is 34.1 Å². The largest absolute Gasteiger partial charge is 0.311 e. The topological polar surface area (TPSA) is 6.48 Å². The van der Waals surface area contributed by atoms with Gasteiger partial charge < -0.3 is 9.80 Å². The number of rotatable bonds is 2. The molecule has 0 aliphatic carbocycles. The number of para-hydroxylation sites is 5. The first kappa shape index (κ1) is 33.9. The first-order valence-corrected chi connectivity index (χ1v) is 23.8. The SMILES string of the molecule is CC1(C)c2cccc3c2B2c4c(cc(N5c6ccccc6[Si]6(c7ccccc7N(c7ccccc7)c7ccccc76)c6ccccc65)cc4C(C)(C)c4cccc1c42)S3. The Morgan fingerprint density at radius 3 is 1.36 bits per heavy atom. The second kappa shape index (κ2) is 11.6. The number of nitrogens with zero attached hydrogens (tertiary/aromatic N) is 2. The first-order chi connectivity index (χ1) is 28.8. The summed E-state index contributed by atoms with van der Waals surface area (Å²) in [5, 5.41) is 5.73. The molecule has 2 nitrogen and oxygen atoms in total. The molecule has 0 saturated heterocycles. The van der Waals surface area contributed by atoms with Gasteiger partial charge >= 0.3 is 0 Å². The van der Waals surface area contributed by atoms with Crippen molar-refractivity contribution in [1.29, 1.82) is 0 Å². The molecule has 5 heteroatoms. The predicted octanol–water partition coefficient (Wildman–Crippen LogP) is 8.89. The summed E-state index contributed by atoms with van der Waals surface area (Å²) in [6, 6.07) is 67.5. The van der Waals surface area contributed by atoms with E-state index in [4.69, 9.17) is 0 Å². The Hall–Kier alpha value is -6.01. The van der Waals surface area contributed by atoms with Crippen molar-refractivity contribution in [2.24, 2.45) is 0 Å². The van der Waals surface area contributed by atoms with Crippen LogP contribution in [0.2, 0.25) is 0 Å². The molecule has 280 valence electrons. The second-order valence-corrected chi connectivity index (χ2v) is 22.7. The maximum absolute atomic E-state index is 2.88. The van der Waals surface area contributed by atoms with Gasteiger partial charge in [0.2, 0.25) is 6.71 Å². The molecule has 0 N–H and O–H groups in total. The molecular weight excluding hydrogens is 748 g/mol. The third-order valence-corrected chi connectivity index (χ3v) is 20.6. The van der Waals surface area contributed by atoms with Gasteiger partial charge in [-0.3, -0.25) is 0 Å². The molecule has 0 radical (unpaired) electrons. The molecule has 8 aromatic carbocycles. The molecule has 13 rings (SSSR count). The highest BCUT2D eigenvalue weighted by atomic mass is 32.2. The average Bonchev–Trinajstić information content (AvgIpc) is 3.27. The molecule has 1 spiro atoms. The van der Waals surface area contributed by atoms with Gasteiger partial charge in [-0.2, -0.15) is 0 Å². The van der Waals surface area contributed by atoms with Gasteiger partial charge in [0.05, 0.1) is 0 Å². The number of fused-ring (bicyclic) bond motifs is 8. The number of hydrogen-bond donors (Lipinski definition) is 0. The minimum absolute atomic E-state index is 0.0612. The van der Waals surface area contributed by atoms with Gasteiger partial charge in [-0.1, -0.05) is 177 Å². The van der Waals surface area contributed by atoms with Crippen LogP contribution in [0.25, 0.3) is 0 Å². The van der Waals surface area contributed by atoms with Gasteiger partial charge in [-0.25, -0.2) is 0 Å². The van der Waals surface area contributed by atoms with Crippen LogP contribution in [0.1, 0.15) is 49.9 Å². The molecule has 0 bridgehead atoms. The standard InChI is InChI=1S/C54H41BN2SSi/c1-53(2)36-20-16-21-37-50(36)55-51-38(53)22-17-27-44(51)58-45-33-35(32-39(52(45)55)54(37,3)4)57-42-25-10-14-30-48(42)59(49-31-15-11-26-43(49)57)46-28-12-8-23-40(46)56(34-18-6-5-7-19-34)41-24-9-13-29-47(41)59/h5-33H,1-4H3. The highest BCUT2D eigenvalue weighted by molar-refractivity contribution is 8.00. The molecule has 0 aromatic heterocycles. The van der Waals surface area contributed by atoms with Gasteiger partial charge in [-0.15, -0.1) is 0 Å². The van der Waals surface area contributed by atoms with E-state index in [9.17, 15) is 0 Å². The smallest absolute Gasteiger partial charge is 0.245 e. The Morgan fingerprint density at radius 2 is 0.814 bits per heavy atom. The van der Waals surface area contributed by atoms with Gasteiger partial charge in [0.1, 0.15) is 0 Å². The van der Waals surface area contributed by atoms with Crippen molar-refractivity contribution >= 4 is 97.8 Å². The zero-order valence-electron chi connectivity index (χ0n) is 33.6. The fraction of sp³-hybridized carbons (Fsp3) is 0.111. The molecule has 8 aromatic rings. The summed E-state index contributed by atoms with van der Waals surface area (Å²) in [5.41, 5.74) is 17.7. The van der Waals surface area contributed by atoms with Crippen LogP contribution in [0.5, 0.6) is 0 Å². The number of hydrogen-bond acceptors (Lipinski definition) is 3. The van der Waals surface area contributed by atoms with Crippen molar-refractivity contribution < 1.29 is 0 Å². The lowest BCUT2D eigenvalue weighted by Crippen LogP contribution is -2.79. The summed E-state index contributed by atoms with van der Waals surface area (Å²) in [6.07, 6.45) is 0. The van der Waals surface area contributed by atoms with E-state index in [0.29, 0.717) is 0 Å². The number of benzene rings is 8. The molecular formula is C54H41BN2SSi. The van der Waals surface area contributed by atoms with E-state index < -0.39 is 8.07 Å². The maximum Gasteiger partial charge on any atom is 0.245 e. The summed E-state index contributed by atoms with van der Waals surface area (Å²) in [5.74, 6) is 0. The van der Waals surface area contributed by atoms with Crippen molar-refractivity contribution in [3.8, 4) is 0 Å². The monoisotopic (exact) mass is 788 g/mol. The fourth-order valence-electron chi connectivity index (χ4n) is 12.1. The van der Waals surface area contributed by atoms with Crippen molar-refractivity contribution in [3.63, 3.8) is 0 Å². The lowest BCUT2D eigenvalue weighted by Gasteiger charge is -2.51. The second-order valence-electron chi connectivity index (χ2n) is 18.0. The molecule has 5 heterocycles. The Labute approximate surface area is 352 Å². The Balaban J connectivity index is 1.09. The number of anilines is 6. The van der Waals surface area contributed by atoms with Gasteiger partial charge in [-0.05, 0) is 97.6 Å². The van der Waals surface area contributed by atoms with E-state index in [1.54, 1.807) is 5.46 Å². The fourth-order valence-corrected chi connectivity index (χ4v) is 18.8. The zero-order valence-corrected chi connectivity index (χ0v) is 35.4. The van der Waals surface area contributed by atoms with Gasteiger partial charge in [0.15, 0.2) is 8.07 Å². The highest BCUT2D eigenvalue weighted by Crippen LogP contribution is 2.50. The quantitative estimate of drug-likeness (QED) is 0.162. The molecule has 0 unspecified atom stereocenters. The van der Waals surface area contributed by atoms with Crippen LogP contribution >= 0.6 is 11.8 Å². The summed E-state index contributed by atoms with van der Waals surface area (Å²) in [6.45, 7) is 10.1. The summed E-state index contributed by atoms with van der Waals surface area (Å²) in [4.78, 5) is 7.90. The maximum atomic E-state index is 2.62. The van der Waals surface area contributed by atoms with E-state index in [1.807, 2.05) is 11.8 Å². The Bertz CT molecular complexity index is 3040. The minimum atomic E-state index is -2.88. The average molecular weight is 789 g/mol. The first-order valence-electron chi connectivity index (χ1n) is 21.0. The normalized spacial score (nSPS) is 17.1. The van der Waals surface area contributed by atoms with Crippen LogP contribution in [0.3, 0.4) is 0 Å². The van der Waals surface area contributed by atoms with Crippen molar-refractivity contribution in [2.45, 2.75) is 48.3 Å². The zero-order chi connectivity index (χ0) is 39.4. The Morgan fingerprint density at radius 1 is 0.390 bits per heavy atom. The van der Waals surface area contributed by atoms with E-state index in [-0.39, 0.29) is 17.5 Å². The van der Waals surface area contributed by atoms with Crippen LogP contribution in [0, 0.1) is 0 Å². The van der Waals surface area contributed by atoms with Crippen molar-refractivity contribution in [3.05, 3.63) is 198 Å². The van der Waals surface area contributed by atoms with E-state index in [2.05, 4.69) is 213 Å². The van der Waals surface area contributed by atoms with E-state index in [0.717, 1.165) is 0 Å². The third-order valence-electron chi connectivity index (χ3n) is 14.5. The highest BCUT2D eigenvalue weighted by Gasteiger charge is 2.55. The molecule has 0 amide bonds. The summed E-state index contributed by atoms with van der Waals surface area (Å²) >= 11 is 1.99. The van der Waals surface area contributed by atoms with Crippen molar-refractivity contribution in [2.75, 3.05) is 9.80 Å². The lowest BCUT2D eigenvalue weighted by molar-refractivity contribution is 0.619. The van der Waals surface area contributed by atoms with Crippen LogP contribution < -0.4 is 46.9 Å². The predicted molar refractivity (Wildman–Crippen MR) is 252 cm³/mol. The summed E-state index contributed by atoms with van der Waals surface area (Å²) < 4.78 is 0. The summed E-state index contributed by atoms with van der Waals surface area (Å²) in [7, 11) is -2.88. The molecule has 5 aliphatic rings. The molecule has 0 fully saturated rings. The molecule has 59 heavy (non-hydrogen) atoms. The van der Waals surface area contributed by atoms with Crippen LogP contribution in [-0.4, -0.2) is 14.8 Å². The van der Waals surface area contributed by atoms with Gasteiger partial charge in [0, 0.05) is 54.7 Å². The van der Waals surface area contributed by atoms with Gasteiger partial charge in [0.25, 0.3) is 0 Å². The minimum Gasteiger partial charge on any atom is -0.311 e. The van der Waals surface area contributed by atoms with E-state index >= 15 is 0 Å². The Kier molecular flexibility index (Phi) is 6.66.